The SMILES string of the molecule is NCC(c1ccc2c(c1)OCCO2)C1CN2CCC1CC2. The second-order valence-corrected chi connectivity index (χ2v) is 6.55. The van der Waals surface area contributed by atoms with Gasteiger partial charge in [-0.1, -0.05) is 6.07 Å². The van der Waals surface area contributed by atoms with Gasteiger partial charge in [-0.05, 0) is 62.0 Å². The number of hydrogen-bond acceptors (Lipinski definition) is 4. The minimum absolute atomic E-state index is 0.439. The normalized spacial score (nSPS) is 32.0. The first kappa shape index (κ1) is 13.4. The maximum Gasteiger partial charge on any atom is 0.161 e. The lowest BCUT2D eigenvalue weighted by Crippen LogP contribution is -2.50. The first-order chi connectivity index (χ1) is 10.3. The van der Waals surface area contributed by atoms with Crippen molar-refractivity contribution in [2.24, 2.45) is 17.6 Å². The topological polar surface area (TPSA) is 47.7 Å². The molecule has 2 bridgehead atoms. The molecule has 2 atom stereocenters. The largest absolute Gasteiger partial charge is 0.486 e. The molecule has 0 amide bonds. The Morgan fingerprint density at radius 1 is 1.14 bits per heavy atom. The quantitative estimate of drug-likeness (QED) is 0.922. The predicted molar refractivity (Wildman–Crippen MR) is 81.9 cm³/mol. The lowest BCUT2D eigenvalue weighted by molar-refractivity contribution is 0.0378. The van der Waals surface area contributed by atoms with Crippen molar-refractivity contribution in [1.82, 2.24) is 4.90 Å². The van der Waals surface area contributed by atoms with Crippen LogP contribution in [0.3, 0.4) is 0 Å². The van der Waals surface area contributed by atoms with Crippen molar-refractivity contribution in [2.75, 3.05) is 39.4 Å². The molecule has 2 unspecified atom stereocenters. The summed E-state index contributed by atoms with van der Waals surface area (Å²) in [4.78, 5) is 2.60. The Kier molecular flexibility index (Phi) is 3.51. The van der Waals surface area contributed by atoms with Crippen LogP contribution in [0.2, 0.25) is 0 Å². The fourth-order valence-electron chi connectivity index (χ4n) is 4.32. The first-order valence-corrected chi connectivity index (χ1v) is 8.17. The summed E-state index contributed by atoms with van der Waals surface area (Å²) in [5.74, 6) is 3.74. The van der Waals surface area contributed by atoms with Crippen LogP contribution in [0.1, 0.15) is 24.3 Å². The number of hydrogen-bond donors (Lipinski definition) is 1. The van der Waals surface area contributed by atoms with Gasteiger partial charge in [0.1, 0.15) is 13.2 Å². The molecule has 4 aliphatic heterocycles. The minimum atomic E-state index is 0.439. The van der Waals surface area contributed by atoms with E-state index in [0.29, 0.717) is 31.6 Å². The van der Waals surface area contributed by atoms with Crippen molar-refractivity contribution in [3.05, 3.63) is 23.8 Å². The van der Waals surface area contributed by atoms with Crippen molar-refractivity contribution in [2.45, 2.75) is 18.8 Å². The molecule has 4 aliphatic rings. The number of fused-ring (bicyclic) bond motifs is 4. The molecule has 1 aromatic rings. The van der Waals surface area contributed by atoms with Crippen LogP contribution >= 0.6 is 0 Å². The van der Waals surface area contributed by atoms with E-state index in [-0.39, 0.29) is 0 Å². The molecule has 0 spiro atoms. The van der Waals surface area contributed by atoms with Gasteiger partial charge in [0.05, 0.1) is 0 Å². The molecule has 2 N–H and O–H groups in total. The fraction of sp³-hybridized carbons (Fsp3) is 0.647. The first-order valence-electron chi connectivity index (χ1n) is 8.17. The Balaban J connectivity index is 1.60. The number of nitrogens with zero attached hydrogens (tertiary/aromatic N) is 1. The van der Waals surface area contributed by atoms with E-state index in [2.05, 4.69) is 17.0 Å². The summed E-state index contributed by atoms with van der Waals surface area (Å²) >= 11 is 0. The minimum Gasteiger partial charge on any atom is -0.486 e. The number of ether oxygens (including phenoxy) is 2. The van der Waals surface area contributed by atoms with E-state index >= 15 is 0 Å². The summed E-state index contributed by atoms with van der Waals surface area (Å²) in [6.45, 7) is 5.77. The highest BCUT2D eigenvalue weighted by atomic mass is 16.6. The van der Waals surface area contributed by atoms with Crippen molar-refractivity contribution >= 4 is 0 Å². The van der Waals surface area contributed by atoms with Gasteiger partial charge >= 0.3 is 0 Å². The molecular weight excluding hydrogens is 264 g/mol. The van der Waals surface area contributed by atoms with E-state index in [4.69, 9.17) is 15.2 Å². The Morgan fingerprint density at radius 3 is 2.57 bits per heavy atom. The van der Waals surface area contributed by atoms with Gasteiger partial charge in [-0.3, -0.25) is 0 Å². The van der Waals surface area contributed by atoms with Crippen LogP contribution in [0.4, 0.5) is 0 Å². The fourth-order valence-corrected chi connectivity index (χ4v) is 4.32. The van der Waals surface area contributed by atoms with Crippen LogP contribution in [0.25, 0.3) is 0 Å². The van der Waals surface area contributed by atoms with Crippen LogP contribution in [-0.2, 0) is 0 Å². The average Bonchev–Trinajstić information content (AvgIpc) is 2.57. The van der Waals surface area contributed by atoms with Crippen LogP contribution in [-0.4, -0.2) is 44.3 Å². The molecule has 4 heterocycles. The molecule has 1 aromatic carbocycles. The molecule has 0 radical (unpaired) electrons. The molecule has 3 fully saturated rings. The van der Waals surface area contributed by atoms with Crippen LogP contribution < -0.4 is 15.2 Å². The Bertz CT molecular complexity index is 512. The van der Waals surface area contributed by atoms with Crippen molar-refractivity contribution in [1.29, 1.82) is 0 Å². The van der Waals surface area contributed by atoms with Gasteiger partial charge in [-0.15, -0.1) is 0 Å². The van der Waals surface area contributed by atoms with Gasteiger partial charge < -0.3 is 20.1 Å². The van der Waals surface area contributed by atoms with Gasteiger partial charge in [0.2, 0.25) is 0 Å². The van der Waals surface area contributed by atoms with Gasteiger partial charge in [0.25, 0.3) is 0 Å². The van der Waals surface area contributed by atoms with Crippen LogP contribution in [0.15, 0.2) is 18.2 Å². The summed E-state index contributed by atoms with van der Waals surface area (Å²) in [5.41, 5.74) is 7.47. The Labute approximate surface area is 126 Å². The maximum atomic E-state index is 6.15. The summed E-state index contributed by atoms with van der Waals surface area (Å²) in [6, 6.07) is 6.39. The number of piperidine rings is 3. The van der Waals surface area contributed by atoms with Gasteiger partial charge in [-0.2, -0.15) is 0 Å². The lowest BCUT2D eigenvalue weighted by Gasteiger charge is -2.47. The van der Waals surface area contributed by atoms with Gasteiger partial charge in [0, 0.05) is 12.5 Å². The second-order valence-electron chi connectivity index (χ2n) is 6.55. The van der Waals surface area contributed by atoms with Crippen molar-refractivity contribution in [3.8, 4) is 11.5 Å². The number of rotatable bonds is 3. The molecule has 4 heteroatoms. The highest BCUT2D eigenvalue weighted by molar-refractivity contribution is 5.45. The predicted octanol–water partition coefficient (Wildman–Crippen LogP) is 1.84. The summed E-state index contributed by atoms with van der Waals surface area (Å²) in [6.07, 6.45) is 2.68. The third-order valence-electron chi connectivity index (χ3n) is 5.47. The summed E-state index contributed by atoms with van der Waals surface area (Å²) < 4.78 is 11.4. The molecular formula is C17H24N2O2. The maximum absolute atomic E-state index is 6.15. The third kappa shape index (κ3) is 2.40. The lowest BCUT2D eigenvalue weighted by atomic mass is 9.70. The van der Waals surface area contributed by atoms with Crippen LogP contribution in [0.5, 0.6) is 11.5 Å². The van der Waals surface area contributed by atoms with Gasteiger partial charge in [0.15, 0.2) is 11.5 Å². The van der Waals surface area contributed by atoms with E-state index in [0.717, 1.165) is 17.4 Å². The Hall–Kier alpha value is -1.26. The van der Waals surface area contributed by atoms with Crippen molar-refractivity contribution < 1.29 is 9.47 Å². The molecule has 21 heavy (non-hydrogen) atoms. The van der Waals surface area contributed by atoms with Crippen molar-refractivity contribution in [3.63, 3.8) is 0 Å². The zero-order chi connectivity index (χ0) is 14.2. The molecule has 0 saturated carbocycles. The van der Waals surface area contributed by atoms with Crippen LogP contribution in [0, 0.1) is 11.8 Å². The summed E-state index contributed by atoms with van der Waals surface area (Å²) in [7, 11) is 0. The monoisotopic (exact) mass is 288 g/mol. The van der Waals surface area contributed by atoms with E-state index < -0.39 is 0 Å². The number of benzene rings is 1. The highest BCUT2D eigenvalue weighted by Crippen LogP contribution is 2.42. The molecule has 4 nitrogen and oxygen atoms in total. The standard InChI is InChI=1S/C17H24N2O2/c18-10-14(15-11-19-5-3-12(15)4-6-19)13-1-2-16-17(9-13)21-8-7-20-16/h1-2,9,12,14-15H,3-8,10-11,18H2. The molecule has 3 saturated heterocycles. The smallest absolute Gasteiger partial charge is 0.161 e. The van der Waals surface area contributed by atoms with E-state index in [9.17, 15) is 0 Å². The zero-order valence-electron chi connectivity index (χ0n) is 12.5. The van der Waals surface area contributed by atoms with E-state index in [1.165, 1.54) is 38.0 Å². The molecule has 114 valence electrons. The average molecular weight is 288 g/mol. The van der Waals surface area contributed by atoms with Gasteiger partial charge in [-0.25, -0.2) is 0 Å². The van der Waals surface area contributed by atoms with E-state index in [1.54, 1.807) is 0 Å². The summed E-state index contributed by atoms with van der Waals surface area (Å²) in [5, 5.41) is 0. The zero-order valence-corrected chi connectivity index (χ0v) is 12.5. The number of nitrogens with two attached hydrogens (primary N) is 1. The highest BCUT2D eigenvalue weighted by Gasteiger charge is 2.38. The Morgan fingerprint density at radius 2 is 1.90 bits per heavy atom. The molecule has 0 aliphatic carbocycles. The third-order valence-corrected chi connectivity index (χ3v) is 5.47. The molecule has 0 aromatic heterocycles. The second kappa shape index (κ2) is 5.50. The van der Waals surface area contributed by atoms with E-state index in [1.807, 2.05) is 6.07 Å². The molecule has 5 rings (SSSR count).